The van der Waals surface area contributed by atoms with Crippen molar-refractivity contribution >= 4 is 17.9 Å². The van der Waals surface area contributed by atoms with Gasteiger partial charge < -0.3 is 25.8 Å². The molecule has 1 unspecified atom stereocenters. The molecule has 3 amide bonds. The second-order valence-electron chi connectivity index (χ2n) is 3.67. The third kappa shape index (κ3) is 7.04. The van der Waals surface area contributed by atoms with Crippen molar-refractivity contribution in [2.24, 2.45) is 0 Å². The van der Waals surface area contributed by atoms with E-state index >= 15 is 0 Å². The number of aliphatic hydroxyl groups excluding tert-OH is 1. The number of ether oxygens (including phenoxy) is 1. The predicted octanol–water partition coefficient (Wildman–Crippen LogP) is -1.49. The maximum absolute atomic E-state index is 11.3. The lowest BCUT2D eigenvalue weighted by Crippen LogP contribution is -2.51. The lowest BCUT2D eigenvalue weighted by Gasteiger charge is -2.15. The first-order chi connectivity index (χ1) is 8.92. The average Bonchev–Trinajstić information content (AvgIpc) is 2.39. The Morgan fingerprint density at radius 2 is 2.00 bits per heavy atom. The van der Waals surface area contributed by atoms with Crippen molar-refractivity contribution in [1.29, 1.82) is 0 Å². The molecule has 0 aliphatic heterocycles. The molecule has 0 saturated heterocycles. The van der Waals surface area contributed by atoms with Gasteiger partial charge in [0.25, 0.3) is 0 Å². The van der Waals surface area contributed by atoms with Gasteiger partial charge in [0.1, 0.15) is 12.6 Å². The number of urea groups is 1. The number of likely N-dealkylation sites (N-methyl/N-ethyl adjacent to an activating group) is 1. The van der Waals surface area contributed by atoms with Crippen molar-refractivity contribution in [3.8, 4) is 0 Å². The Labute approximate surface area is 111 Å². The Morgan fingerprint density at radius 3 is 2.47 bits per heavy atom. The fraction of sp³-hybridized carbons (Fsp3) is 0.545. The smallest absolute Gasteiger partial charge is 0.333 e. The van der Waals surface area contributed by atoms with Crippen LogP contribution in [0.2, 0.25) is 0 Å². The van der Waals surface area contributed by atoms with E-state index in [-0.39, 0.29) is 18.7 Å². The zero-order chi connectivity index (χ0) is 14.8. The summed E-state index contributed by atoms with van der Waals surface area (Å²) in [5.74, 6) is -1.05. The molecule has 0 radical (unpaired) electrons. The van der Waals surface area contributed by atoms with Crippen LogP contribution in [-0.2, 0) is 14.3 Å². The van der Waals surface area contributed by atoms with Gasteiger partial charge in [0.05, 0.1) is 13.2 Å². The quantitative estimate of drug-likeness (QED) is 0.256. The number of nitrogens with one attached hydrogen (secondary N) is 3. The van der Waals surface area contributed by atoms with E-state index in [0.29, 0.717) is 0 Å². The minimum absolute atomic E-state index is 0.0110. The number of aliphatic hydroxyl groups is 1. The molecule has 0 aliphatic rings. The third-order valence-corrected chi connectivity index (χ3v) is 2.02. The lowest BCUT2D eigenvalue weighted by molar-refractivity contribution is -0.138. The van der Waals surface area contributed by atoms with Gasteiger partial charge in [-0.3, -0.25) is 4.79 Å². The van der Waals surface area contributed by atoms with Crippen LogP contribution in [0, 0.1) is 0 Å². The Bertz CT molecular complexity index is 356. The summed E-state index contributed by atoms with van der Waals surface area (Å²) in [5.41, 5.74) is 0.268. The molecule has 108 valence electrons. The highest BCUT2D eigenvalue weighted by molar-refractivity contribution is 5.87. The second kappa shape index (κ2) is 8.92. The number of esters is 1. The van der Waals surface area contributed by atoms with Crippen LogP contribution in [0.5, 0.6) is 0 Å². The molecule has 0 rings (SSSR count). The SMILES string of the molecule is C=C(C)C(=O)OCCNC(=O)NC(CO)C(=O)NC. The van der Waals surface area contributed by atoms with Crippen molar-refractivity contribution < 1.29 is 24.2 Å². The summed E-state index contributed by atoms with van der Waals surface area (Å²) < 4.78 is 4.74. The Balaban J connectivity index is 3.89. The van der Waals surface area contributed by atoms with Crippen LogP contribution >= 0.6 is 0 Å². The first kappa shape index (κ1) is 16.9. The van der Waals surface area contributed by atoms with E-state index in [1.54, 1.807) is 0 Å². The van der Waals surface area contributed by atoms with Crippen LogP contribution in [0.25, 0.3) is 0 Å². The monoisotopic (exact) mass is 273 g/mol. The number of hydrogen-bond acceptors (Lipinski definition) is 5. The molecule has 0 fully saturated rings. The van der Waals surface area contributed by atoms with Crippen molar-refractivity contribution in [3.63, 3.8) is 0 Å². The zero-order valence-corrected chi connectivity index (χ0v) is 11.0. The molecule has 0 spiro atoms. The molecular formula is C11H19N3O5. The molecule has 8 heteroatoms. The van der Waals surface area contributed by atoms with Gasteiger partial charge in [-0.2, -0.15) is 0 Å². The number of hydrogen-bond donors (Lipinski definition) is 4. The number of carbonyl (C=O) groups is 3. The van der Waals surface area contributed by atoms with Crippen molar-refractivity contribution in [2.45, 2.75) is 13.0 Å². The summed E-state index contributed by atoms with van der Waals surface area (Å²) in [6, 6.07) is -1.67. The fourth-order valence-corrected chi connectivity index (χ4v) is 1.01. The van der Waals surface area contributed by atoms with Gasteiger partial charge in [-0.15, -0.1) is 0 Å². The van der Waals surface area contributed by atoms with Crippen LogP contribution in [0.1, 0.15) is 6.92 Å². The standard InChI is InChI=1S/C11H19N3O5/c1-7(2)10(17)19-5-4-13-11(18)14-8(6-15)9(16)12-3/h8,15H,1,4-6H2,2-3H3,(H,12,16)(H2,13,14,18). The molecule has 19 heavy (non-hydrogen) atoms. The maximum Gasteiger partial charge on any atom is 0.333 e. The summed E-state index contributed by atoms with van der Waals surface area (Å²) in [5, 5.41) is 15.8. The van der Waals surface area contributed by atoms with E-state index in [1.165, 1.54) is 14.0 Å². The van der Waals surface area contributed by atoms with E-state index < -0.39 is 30.6 Å². The Kier molecular flexibility index (Phi) is 7.94. The topological polar surface area (TPSA) is 117 Å². The second-order valence-corrected chi connectivity index (χ2v) is 3.67. The molecule has 0 heterocycles. The lowest BCUT2D eigenvalue weighted by atomic mass is 10.3. The zero-order valence-electron chi connectivity index (χ0n) is 11.0. The highest BCUT2D eigenvalue weighted by Gasteiger charge is 2.17. The Hall–Kier alpha value is -2.09. The molecule has 4 N–H and O–H groups in total. The van der Waals surface area contributed by atoms with E-state index in [1.807, 2.05) is 0 Å². The normalized spacial score (nSPS) is 11.1. The molecule has 0 bridgehead atoms. The highest BCUT2D eigenvalue weighted by atomic mass is 16.5. The Morgan fingerprint density at radius 1 is 1.37 bits per heavy atom. The number of amides is 3. The van der Waals surface area contributed by atoms with Crippen LogP contribution in [-0.4, -0.2) is 55.9 Å². The van der Waals surface area contributed by atoms with E-state index in [4.69, 9.17) is 9.84 Å². The fourth-order valence-electron chi connectivity index (χ4n) is 1.01. The molecule has 0 aromatic carbocycles. The minimum Gasteiger partial charge on any atom is -0.460 e. The van der Waals surface area contributed by atoms with Crippen LogP contribution < -0.4 is 16.0 Å². The first-order valence-electron chi connectivity index (χ1n) is 5.61. The summed E-state index contributed by atoms with van der Waals surface area (Å²) >= 11 is 0. The van der Waals surface area contributed by atoms with Gasteiger partial charge in [0.15, 0.2) is 0 Å². The summed E-state index contributed by atoms with van der Waals surface area (Å²) in [6.07, 6.45) is 0. The third-order valence-electron chi connectivity index (χ3n) is 2.02. The molecule has 0 saturated carbocycles. The number of rotatable bonds is 7. The van der Waals surface area contributed by atoms with Crippen LogP contribution in [0.3, 0.4) is 0 Å². The van der Waals surface area contributed by atoms with Crippen LogP contribution in [0.4, 0.5) is 4.79 Å². The number of carbonyl (C=O) groups excluding carboxylic acids is 3. The van der Waals surface area contributed by atoms with Gasteiger partial charge in [-0.25, -0.2) is 9.59 Å². The van der Waals surface area contributed by atoms with Crippen LogP contribution in [0.15, 0.2) is 12.2 Å². The highest BCUT2D eigenvalue weighted by Crippen LogP contribution is 1.90. The van der Waals surface area contributed by atoms with Gasteiger partial charge in [0, 0.05) is 12.6 Å². The molecule has 0 aliphatic carbocycles. The molecular weight excluding hydrogens is 254 g/mol. The van der Waals surface area contributed by atoms with Crippen molar-refractivity contribution in [1.82, 2.24) is 16.0 Å². The van der Waals surface area contributed by atoms with Gasteiger partial charge in [0.2, 0.25) is 5.91 Å². The van der Waals surface area contributed by atoms with Gasteiger partial charge >= 0.3 is 12.0 Å². The van der Waals surface area contributed by atoms with Gasteiger partial charge in [-0.1, -0.05) is 6.58 Å². The predicted molar refractivity (Wildman–Crippen MR) is 67.2 cm³/mol. The first-order valence-corrected chi connectivity index (χ1v) is 5.61. The summed E-state index contributed by atoms with van der Waals surface area (Å²) in [7, 11) is 1.39. The van der Waals surface area contributed by atoms with Crippen molar-refractivity contribution in [2.75, 3.05) is 26.8 Å². The van der Waals surface area contributed by atoms with E-state index in [0.717, 1.165) is 0 Å². The molecule has 8 nitrogen and oxygen atoms in total. The molecule has 0 aromatic rings. The largest absolute Gasteiger partial charge is 0.460 e. The average molecular weight is 273 g/mol. The molecule has 0 aromatic heterocycles. The summed E-state index contributed by atoms with van der Waals surface area (Å²) in [4.78, 5) is 33.5. The summed E-state index contributed by atoms with van der Waals surface area (Å²) in [6.45, 7) is 4.47. The van der Waals surface area contributed by atoms with Crippen molar-refractivity contribution in [3.05, 3.63) is 12.2 Å². The molecule has 1 atom stereocenters. The maximum atomic E-state index is 11.3. The minimum atomic E-state index is -1.03. The van der Waals surface area contributed by atoms with E-state index in [2.05, 4.69) is 22.5 Å². The van der Waals surface area contributed by atoms with Gasteiger partial charge in [-0.05, 0) is 6.92 Å². The van der Waals surface area contributed by atoms with E-state index in [9.17, 15) is 14.4 Å².